The fraction of sp³-hybridized carbons (Fsp3) is 0.818. The number of hydrogen-bond donors (Lipinski definition) is 1. The lowest BCUT2D eigenvalue weighted by Gasteiger charge is -2.41. The minimum Gasteiger partial charge on any atom is -0.311 e. The number of terminal acetylenes is 1. The minimum atomic E-state index is 0.319. The van der Waals surface area contributed by atoms with Gasteiger partial charge in [-0.15, -0.1) is 6.42 Å². The summed E-state index contributed by atoms with van der Waals surface area (Å²) in [7, 11) is 0. The van der Waals surface area contributed by atoms with Gasteiger partial charge in [0.2, 0.25) is 0 Å². The van der Waals surface area contributed by atoms with Gasteiger partial charge in [0.1, 0.15) is 0 Å². The van der Waals surface area contributed by atoms with Crippen molar-refractivity contribution in [3.8, 4) is 12.3 Å². The second-order valence-corrected chi connectivity index (χ2v) is 3.81. The molecular formula is C11H20N2. The maximum atomic E-state index is 5.51. The molecule has 1 aliphatic rings. The third kappa shape index (κ3) is 2.24. The molecule has 1 fully saturated rings. The molecule has 2 heteroatoms. The zero-order valence-electron chi connectivity index (χ0n) is 8.88. The molecule has 13 heavy (non-hydrogen) atoms. The first kappa shape index (κ1) is 10.6. The Kier molecular flexibility index (Phi) is 3.77. The molecule has 0 aromatic carbocycles. The van der Waals surface area contributed by atoms with E-state index in [0.29, 0.717) is 18.1 Å². The van der Waals surface area contributed by atoms with Crippen LogP contribution in [0.5, 0.6) is 0 Å². The summed E-state index contributed by atoms with van der Waals surface area (Å²) in [6.45, 7) is 8.76. The van der Waals surface area contributed by atoms with Gasteiger partial charge in [0.25, 0.3) is 0 Å². The van der Waals surface area contributed by atoms with Crippen LogP contribution in [-0.2, 0) is 0 Å². The topological polar surface area (TPSA) is 15.3 Å². The van der Waals surface area contributed by atoms with E-state index < -0.39 is 0 Å². The van der Waals surface area contributed by atoms with Crippen LogP contribution in [0.25, 0.3) is 0 Å². The van der Waals surface area contributed by atoms with E-state index >= 15 is 0 Å². The standard InChI is InChI=1S/C11H20N2/c1-5-11(6-2)13-8-7-12-9(3)10(13)4/h1,9-12H,6-8H2,2-4H3. The number of piperazine rings is 1. The highest BCUT2D eigenvalue weighted by molar-refractivity contribution is 5.02. The molecule has 1 rings (SSSR count). The Morgan fingerprint density at radius 2 is 2.31 bits per heavy atom. The van der Waals surface area contributed by atoms with E-state index in [-0.39, 0.29) is 0 Å². The molecule has 0 aromatic heterocycles. The molecule has 0 amide bonds. The molecule has 0 bridgehead atoms. The first-order valence-electron chi connectivity index (χ1n) is 5.16. The van der Waals surface area contributed by atoms with E-state index in [0.717, 1.165) is 19.5 Å². The van der Waals surface area contributed by atoms with Crippen molar-refractivity contribution in [3.05, 3.63) is 0 Å². The SMILES string of the molecule is C#CC(CC)N1CCNC(C)C1C. The monoisotopic (exact) mass is 180 g/mol. The van der Waals surface area contributed by atoms with Crippen LogP contribution in [0.3, 0.4) is 0 Å². The number of hydrogen-bond acceptors (Lipinski definition) is 2. The van der Waals surface area contributed by atoms with Crippen molar-refractivity contribution in [2.75, 3.05) is 13.1 Å². The van der Waals surface area contributed by atoms with Gasteiger partial charge in [-0.1, -0.05) is 12.8 Å². The second kappa shape index (κ2) is 4.64. The van der Waals surface area contributed by atoms with Crippen molar-refractivity contribution in [1.82, 2.24) is 10.2 Å². The van der Waals surface area contributed by atoms with E-state index in [4.69, 9.17) is 6.42 Å². The average molecular weight is 180 g/mol. The Bertz CT molecular complexity index is 195. The van der Waals surface area contributed by atoms with E-state index in [1.165, 1.54) is 0 Å². The Morgan fingerprint density at radius 3 is 2.85 bits per heavy atom. The molecule has 0 aliphatic carbocycles. The van der Waals surface area contributed by atoms with Crippen molar-refractivity contribution in [2.24, 2.45) is 0 Å². The second-order valence-electron chi connectivity index (χ2n) is 3.81. The van der Waals surface area contributed by atoms with Gasteiger partial charge in [-0.25, -0.2) is 0 Å². The summed E-state index contributed by atoms with van der Waals surface area (Å²) in [6.07, 6.45) is 6.56. The van der Waals surface area contributed by atoms with Crippen LogP contribution in [0.1, 0.15) is 27.2 Å². The third-order valence-electron chi connectivity index (χ3n) is 3.06. The summed E-state index contributed by atoms with van der Waals surface area (Å²) < 4.78 is 0. The van der Waals surface area contributed by atoms with Gasteiger partial charge in [0, 0.05) is 25.2 Å². The number of nitrogens with zero attached hydrogens (tertiary/aromatic N) is 1. The fourth-order valence-corrected chi connectivity index (χ4v) is 1.97. The molecule has 2 nitrogen and oxygen atoms in total. The minimum absolute atomic E-state index is 0.319. The van der Waals surface area contributed by atoms with E-state index in [1.807, 2.05) is 0 Å². The van der Waals surface area contributed by atoms with E-state index in [2.05, 4.69) is 36.9 Å². The number of nitrogens with one attached hydrogen (secondary N) is 1. The predicted molar refractivity (Wildman–Crippen MR) is 56.5 cm³/mol. The van der Waals surface area contributed by atoms with Gasteiger partial charge < -0.3 is 5.32 Å². The highest BCUT2D eigenvalue weighted by Gasteiger charge is 2.27. The van der Waals surface area contributed by atoms with Crippen LogP contribution in [-0.4, -0.2) is 36.1 Å². The zero-order valence-corrected chi connectivity index (χ0v) is 8.88. The molecule has 0 spiro atoms. The van der Waals surface area contributed by atoms with Gasteiger partial charge in [0.05, 0.1) is 6.04 Å². The van der Waals surface area contributed by atoms with Gasteiger partial charge >= 0.3 is 0 Å². The number of rotatable bonds is 2. The molecule has 1 heterocycles. The zero-order chi connectivity index (χ0) is 9.84. The molecule has 1 N–H and O–H groups in total. The van der Waals surface area contributed by atoms with Crippen LogP contribution in [0.2, 0.25) is 0 Å². The predicted octanol–water partition coefficient (Wildman–Crippen LogP) is 1.08. The normalized spacial score (nSPS) is 32.5. The molecule has 0 saturated carbocycles. The molecule has 0 radical (unpaired) electrons. The van der Waals surface area contributed by atoms with Crippen LogP contribution >= 0.6 is 0 Å². The summed E-state index contributed by atoms with van der Waals surface area (Å²) in [5, 5.41) is 3.45. The molecule has 0 aromatic rings. The van der Waals surface area contributed by atoms with Crippen molar-refractivity contribution in [2.45, 2.75) is 45.3 Å². The lowest BCUT2D eigenvalue weighted by Crippen LogP contribution is -2.58. The Labute approximate surface area is 81.7 Å². The van der Waals surface area contributed by atoms with Crippen LogP contribution in [0, 0.1) is 12.3 Å². The van der Waals surface area contributed by atoms with Crippen molar-refractivity contribution in [1.29, 1.82) is 0 Å². The highest BCUT2D eigenvalue weighted by atomic mass is 15.2. The quantitative estimate of drug-likeness (QED) is 0.640. The highest BCUT2D eigenvalue weighted by Crippen LogP contribution is 2.14. The van der Waals surface area contributed by atoms with Gasteiger partial charge in [-0.05, 0) is 20.3 Å². The maximum absolute atomic E-state index is 5.51. The van der Waals surface area contributed by atoms with Gasteiger partial charge in [-0.3, -0.25) is 4.90 Å². The van der Waals surface area contributed by atoms with Crippen LogP contribution in [0.15, 0.2) is 0 Å². The Morgan fingerprint density at radius 1 is 1.62 bits per heavy atom. The maximum Gasteiger partial charge on any atom is 0.0712 e. The molecule has 3 atom stereocenters. The third-order valence-corrected chi connectivity index (χ3v) is 3.06. The summed E-state index contributed by atoms with van der Waals surface area (Å²) in [6, 6.07) is 1.42. The van der Waals surface area contributed by atoms with E-state index in [9.17, 15) is 0 Å². The lowest BCUT2D eigenvalue weighted by molar-refractivity contribution is 0.111. The Balaban J connectivity index is 2.62. The summed E-state index contributed by atoms with van der Waals surface area (Å²) in [5.74, 6) is 2.87. The Hall–Kier alpha value is -0.520. The first-order valence-corrected chi connectivity index (χ1v) is 5.16. The van der Waals surface area contributed by atoms with Crippen LogP contribution in [0.4, 0.5) is 0 Å². The summed E-state index contributed by atoms with van der Waals surface area (Å²) in [5.41, 5.74) is 0. The molecule has 1 saturated heterocycles. The molecule has 74 valence electrons. The van der Waals surface area contributed by atoms with Crippen molar-refractivity contribution < 1.29 is 0 Å². The van der Waals surface area contributed by atoms with E-state index in [1.54, 1.807) is 0 Å². The first-order chi connectivity index (χ1) is 6.20. The largest absolute Gasteiger partial charge is 0.311 e. The van der Waals surface area contributed by atoms with Gasteiger partial charge in [0.15, 0.2) is 0 Å². The molecule has 1 aliphatic heterocycles. The summed E-state index contributed by atoms with van der Waals surface area (Å²) >= 11 is 0. The van der Waals surface area contributed by atoms with Crippen molar-refractivity contribution in [3.63, 3.8) is 0 Å². The van der Waals surface area contributed by atoms with Crippen LogP contribution < -0.4 is 5.32 Å². The molecular weight excluding hydrogens is 160 g/mol. The average Bonchev–Trinajstić information content (AvgIpc) is 2.14. The molecule has 3 unspecified atom stereocenters. The summed E-state index contributed by atoms with van der Waals surface area (Å²) in [4.78, 5) is 2.43. The lowest BCUT2D eigenvalue weighted by atomic mass is 10.0. The fourth-order valence-electron chi connectivity index (χ4n) is 1.97. The smallest absolute Gasteiger partial charge is 0.0712 e. The van der Waals surface area contributed by atoms with Crippen molar-refractivity contribution >= 4 is 0 Å². The van der Waals surface area contributed by atoms with Gasteiger partial charge in [-0.2, -0.15) is 0 Å².